The van der Waals surface area contributed by atoms with Gasteiger partial charge in [-0.25, -0.2) is 0 Å². The highest BCUT2D eigenvalue weighted by Gasteiger charge is 2.41. The number of benzene rings is 1. The second kappa shape index (κ2) is 5.44. The third-order valence-corrected chi connectivity index (χ3v) is 4.36. The maximum Gasteiger partial charge on any atom is 0.240 e. The third-order valence-electron chi connectivity index (χ3n) is 4.36. The number of carbonyl (C=O) groups is 1. The highest BCUT2D eigenvalue weighted by molar-refractivity contribution is 5.87. The fraction of sp³-hybridized carbons (Fsp3) is 0.562. The van der Waals surface area contributed by atoms with E-state index in [1.54, 1.807) is 0 Å². The van der Waals surface area contributed by atoms with Crippen molar-refractivity contribution < 1.29 is 9.53 Å². The molecule has 1 saturated heterocycles. The van der Waals surface area contributed by atoms with Crippen LogP contribution in [0, 0.1) is 0 Å². The van der Waals surface area contributed by atoms with Crippen LogP contribution in [-0.2, 0) is 4.79 Å². The van der Waals surface area contributed by atoms with E-state index >= 15 is 0 Å². The van der Waals surface area contributed by atoms with Crippen LogP contribution in [0.25, 0.3) is 0 Å². The molecule has 4 nitrogen and oxygen atoms in total. The Bertz CT molecular complexity index is 495. The number of amides is 1. The molecule has 2 aliphatic rings. The quantitative estimate of drug-likeness (QED) is 0.884. The third kappa shape index (κ3) is 2.29. The van der Waals surface area contributed by atoms with Crippen molar-refractivity contribution in [2.45, 2.75) is 44.2 Å². The SMILES string of the molecule is CCCC1(C(=O)NC2COc3ccccc32)CCCN1. The number of carbonyl (C=O) groups excluding carboxylic acids is 1. The zero-order valence-corrected chi connectivity index (χ0v) is 11.9. The lowest BCUT2D eigenvalue weighted by molar-refractivity contribution is -0.128. The number of para-hydroxylation sites is 1. The zero-order valence-electron chi connectivity index (χ0n) is 11.9. The maximum atomic E-state index is 12.7. The number of ether oxygens (including phenoxy) is 1. The minimum absolute atomic E-state index is 0.0187. The summed E-state index contributed by atoms with van der Waals surface area (Å²) in [5.41, 5.74) is 0.720. The lowest BCUT2D eigenvalue weighted by Crippen LogP contribution is -2.54. The van der Waals surface area contributed by atoms with Crippen LogP contribution in [0.15, 0.2) is 24.3 Å². The van der Waals surface area contributed by atoms with E-state index in [9.17, 15) is 4.79 Å². The van der Waals surface area contributed by atoms with Gasteiger partial charge in [-0.05, 0) is 31.9 Å². The van der Waals surface area contributed by atoms with Crippen molar-refractivity contribution in [3.8, 4) is 5.75 Å². The largest absolute Gasteiger partial charge is 0.491 e. The Morgan fingerprint density at radius 2 is 2.35 bits per heavy atom. The van der Waals surface area contributed by atoms with Crippen LogP contribution in [0.5, 0.6) is 5.75 Å². The molecule has 2 N–H and O–H groups in total. The Morgan fingerprint density at radius 3 is 3.10 bits per heavy atom. The van der Waals surface area contributed by atoms with Crippen molar-refractivity contribution >= 4 is 5.91 Å². The van der Waals surface area contributed by atoms with Gasteiger partial charge in [-0.15, -0.1) is 0 Å². The van der Waals surface area contributed by atoms with Gasteiger partial charge in [-0.3, -0.25) is 4.79 Å². The van der Waals surface area contributed by atoms with Gasteiger partial charge < -0.3 is 15.4 Å². The van der Waals surface area contributed by atoms with Crippen molar-refractivity contribution in [1.82, 2.24) is 10.6 Å². The van der Waals surface area contributed by atoms with E-state index in [2.05, 4.69) is 17.6 Å². The number of nitrogens with one attached hydrogen (secondary N) is 2. The Hall–Kier alpha value is -1.55. The van der Waals surface area contributed by atoms with Gasteiger partial charge in [-0.2, -0.15) is 0 Å². The Kier molecular flexibility index (Phi) is 3.66. The van der Waals surface area contributed by atoms with Crippen LogP contribution in [0.2, 0.25) is 0 Å². The Morgan fingerprint density at radius 1 is 1.50 bits per heavy atom. The van der Waals surface area contributed by atoms with Gasteiger partial charge in [-0.1, -0.05) is 31.5 Å². The lowest BCUT2D eigenvalue weighted by atomic mass is 9.90. The molecule has 0 aromatic heterocycles. The average Bonchev–Trinajstić information content (AvgIpc) is 3.08. The van der Waals surface area contributed by atoms with Crippen LogP contribution >= 0.6 is 0 Å². The van der Waals surface area contributed by atoms with Gasteiger partial charge in [0.15, 0.2) is 0 Å². The molecule has 0 saturated carbocycles. The molecule has 2 atom stereocenters. The Balaban J connectivity index is 1.73. The van der Waals surface area contributed by atoms with E-state index in [1.165, 1.54) is 0 Å². The van der Waals surface area contributed by atoms with Crippen molar-refractivity contribution in [2.75, 3.05) is 13.2 Å². The predicted molar refractivity (Wildman–Crippen MR) is 77.7 cm³/mol. The number of rotatable bonds is 4. The van der Waals surface area contributed by atoms with E-state index in [-0.39, 0.29) is 17.5 Å². The summed E-state index contributed by atoms with van der Waals surface area (Å²) in [7, 11) is 0. The molecule has 108 valence electrons. The summed E-state index contributed by atoms with van der Waals surface area (Å²) < 4.78 is 5.63. The topological polar surface area (TPSA) is 50.4 Å². The van der Waals surface area contributed by atoms with E-state index < -0.39 is 0 Å². The summed E-state index contributed by atoms with van der Waals surface area (Å²) >= 11 is 0. The molecule has 1 fully saturated rings. The van der Waals surface area contributed by atoms with Gasteiger partial charge in [0.25, 0.3) is 0 Å². The van der Waals surface area contributed by atoms with E-state index in [0.29, 0.717) is 6.61 Å². The summed E-state index contributed by atoms with van der Waals surface area (Å²) in [4.78, 5) is 12.7. The molecule has 0 spiro atoms. The Labute approximate surface area is 119 Å². The smallest absolute Gasteiger partial charge is 0.240 e. The zero-order chi connectivity index (χ0) is 14.0. The van der Waals surface area contributed by atoms with Crippen LogP contribution in [-0.4, -0.2) is 24.6 Å². The normalized spacial score (nSPS) is 27.9. The first-order chi connectivity index (χ1) is 9.75. The van der Waals surface area contributed by atoms with Crippen LogP contribution < -0.4 is 15.4 Å². The molecule has 2 unspecified atom stereocenters. The molecule has 2 heterocycles. The fourth-order valence-electron chi connectivity index (χ4n) is 3.33. The molecule has 1 aromatic rings. The first kappa shape index (κ1) is 13.4. The van der Waals surface area contributed by atoms with Crippen LogP contribution in [0.3, 0.4) is 0 Å². The minimum Gasteiger partial charge on any atom is -0.491 e. The van der Waals surface area contributed by atoms with Gasteiger partial charge >= 0.3 is 0 Å². The fourth-order valence-corrected chi connectivity index (χ4v) is 3.33. The molecular formula is C16H22N2O2. The molecule has 20 heavy (non-hydrogen) atoms. The molecule has 2 aliphatic heterocycles. The molecule has 3 rings (SSSR count). The molecule has 1 aromatic carbocycles. The molecule has 0 radical (unpaired) electrons. The summed E-state index contributed by atoms with van der Waals surface area (Å²) in [5.74, 6) is 1.02. The van der Waals surface area contributed by atoms with Gasteiger partial charge in [0.2, 0.25) is 5.91 Å². The number of fused-ring (bicyclic) bond motifs is 1. The molecule has 4 heteroatoms. The number of hydrogen-bond donors (Lipinski definition) is 2. The standard InChI is InChI=1S/C16H22N2O2/c1-2-8-16(9-5-10-17-16)15(19)18-13-11-20-14-7-4-3-6-12(13)14/h3-4,6-7,13,17H,2,5,8-11H2,1H3,(H,18,19). The van der Waals surface area contributed by atoms with Crippen molar-refractivity contribution in [3.63, 3.8) is 0 Å². The minimum atomic E-state index is -0.369. The van der Waals surface area contributed by atoms with Crippen molar-refractivity contribution in [2.24, 2.45) is 0 Å². The van der Waals surface area contributed by atoms with E-state index in [0.717, 1.165) is 43.5 Å². The first-order valence-electron chi connectivity index (χ1n) is 7.53. The second-order valence-corrected chi connectivity index (χ2v) is 5.74. The molecular weight excluding hydrogens is 252 g/mol. The van der Waals surface area contributed by atoms with Gasteiger partial charge in [0, 0.05) is 5.56 Å². The first-order valence-corrected chi connectivity index (χ1v) is 7.53. The lowest BCUT2D eigenvalue weighted by Gasteiger charge is -2.29. The van der Waals surface area contributed by atoms with Gasteiger partial charge in [0.05, 0.1) is 11.6 Å². The average molecular weight is 274 g/mol. The highest BCUT2D eigenvalue weighted by Crippen LogP contribution is 2.33. The van der Waals surface area contributed by atoms with Crippen molar-refractivity contribution in [3.05, 3.63) is 29.8 Å². The summed E-state index contributed by atoms with van der Waals surface area (Å²) in [6, 6.07) is 7.91. The molecule has 0 aliphatic carbocycles. The summed E-state index contributed by atoms with van der Waals surface area (Å²) in [5, 5.41) is 6.59. The van der Waals surface area contributed by atoms with E-state index in [1.807, 2.05) is 24.3 Å². The van der Waals surface area contributed by atoms with Crippen LogP contribution in [0.1, 0.15) is 44.2 Å². The number of hydrogen-bond acceptors (Lipinski definition) is 3. The second-order valence-electron chi connectivity index (χ2n) is 5.74. The summed E-state index contributed by atoms with van der Waals surface area (Å²) in [6.07, 6.45) is 3.92. The highest BCUT2D eigenvalue weighted by atomic mass is 16.5. The summed E-state index contributed by atoms with van der Waals surface area (Å²) in [6.45, 7) is 3.60. The molecule has 0 bridgehead atoms. The van der Waals surface area contributed by atoms with Gasteiger partial charge in [0.1, 0.15) is 12.4 Å². The monoisotopic (exact) mass is 274 g/mol. The molecule has 1 amide bonds. The van der Waals surface area contributed by atoms with Crippen molar-refractivity contribution in [1.29, 1.82) is 0 Å². The maximum absolute atomic E-state index is 12.7. The van der Waals surface area contributed by atoms with E-state index in [4.69, 9.17) is 4.74 Å². The van der Waals surface area contributed by atoms with Crippen LogP contribution in [0.4, 0.5) is 0 Å². The predicted octanol–water partition coefficient (Wildman–Crippen LogP) is 2.16.